The molecule has 1 unspecified atom stereocenters. The van der Waals surface area contributed by atoms with Crippen molar-refractivity contribution in [2.45, 2.75) is 25.4 Å². The monoisotopic (exact) mass is 196 g/mol. The molecule has 1 aliphatic carbocycles. The molecule has 0 amide bonds. The highest BCUT2D eigenvalue weighted by atomic mass is 16.4. The molecule has 2 rings (SSSR count). The minimum atomic E-state index is -1.10. The third kappa shape index (κ3) is 1.53. The minimum Gasteiger partial charge on any atom is -0.475 e. The first-order chi connectivity index (χ1) is 6.68. The Morgan fingerprint density at radius 3 is 2.64 bits per heavy atom. The molecule has 0 aliphatic heterocycles. The fourth-order valence-electron chi connectivity index (χ4n) is 1.61. The van der Waals surface area contributed by atoms with Crippen LogP contribution in [0.15, 0.2) is 16.5 Å². The number of aromatic carboxylic acids is 1. The minimum absolute atomic E-state index is 0.113. The van der Waals surface area contributed by atoms with Gasteiger partial charge in [0.05, 0.1) is 0 Å². The van der Waals surface area contributed by atoms with Crippen molar-refractivity contribution in [3.63, 3.8) is 0 Å². The molecule has 0 spiro atoms. The summed E-state index contributed by atoms with van der Waals surface area (Å²) in [5, 5.41) is 18.4. The van der Waals surface area contributed by atoms with Crippen molar-refractivity contribution in [2.24, 2.45) is 5.92 Å². The Kier molecular flexibility index (Phi) is 2.29. The molecule has 1 saturated carbocycles. The molecule has 0 radical (unpaired) electrons. The smallest absolute Gasteiger partial charge is 0.371 e. The number of rotatable bonds is 3. The van der Waals surface area contributed by atoms with Crippen LogP contribution in [0, 0.1) is 5.92 Å². The molecule has 1 fully saturated rings. The molecule has 0 bridgehead atoms. The van der Waals surface area contributed by atoms with Crippen LogP contribution in [0.4, 0.5) is 0 Å². The molecule has 76 valence electrons. The molecule has 2 N–H and O–H groups in total. The third-order valence-corrected chi connectivity index (χ3v) is 2.73. The largest absolute Gasteiger partial charge is 0.475 e. The Hall–Kier alpha value is -1.29. The average molecular weight is 196 g/mol. The predicted octanol–water partition coefficient (Wildman–Crippen LogP) is 1.81. The van der Waals surface area contributed by atoms with Crippen LogP contribution < -0.4 is 0 Å². The molecule has 1 aromatic rings. The summed E-state index contributed by atoms with van der Waals surface area (Å²) in [6.45, 7) is 0. The lowest BCUT2D eigenvalue weighted by Crippen LogP contribution is -2.19. The molecule has 4 heteroatoms. The quantitative estimate of drug-likeness (QED) is 0.773. The number of hydrogen-bond donors (Lipinski definition) is 2. The molecule has 1 atom stereocenters. The van der Waals surface area contributed by atoms with Crippen LogP contribution in [0.3, 0.4) is 0 Å². The van der Waals surface area contributed by atoms with Gasteiger partial charge in [0.2, 0.25) is 5.76 Å². The lowest BCUT2D eigenvalue weighted by molar-refractivity contribution is 0.0413. The van der Waals surface area contributed by atoms with E-state index in [2.05, 4.69) is 0 Å². The van der Waals surface area contributed by atoms with Crippen molar-refractivity contribution in [1.29, 1.82) is 0 Å². The second-order valence-corrected chi connectivity index (χ2v) is 3.64. The van der Waals surface area contributed by atoms with Crippen LogP contribution in [0.5, 0.6) is 0 Å². The van der Waals surface area contributed by atoms with Crippen LogP contribution in [0.25, 0.3) is 0 Å². The van der Waals surface area contributed by atoms with Gasteiger partial charge in [-0.05, 0) is 30.9 Å². The van der Waals surface area contributed by atoms with Crippen LogP contribution in [0.2, 0.25) is 0 Å². The van der Waals surface area contributed by atoms with Crippen molar-refractivity contribution in [1.82, 2.24) is 0 Å². The first-order valence-corrected chi connectivity index (χ1v) is 4.69. The normalized spacial score (nSPS) is 18.9. The maximum absolute atomic E-state index is 10.5. The van der Waals surface area contributed by atoms with Gasteiger partial charge in [-0.25, -0.2) is 4.79 Å². The molecule has 1 heterocycles. The van der Waals surface area contributed by atoms with E-state index in [0.29, 0.717) is 5.76 Å². The lowest BCUT2D eigenvalue weighted by atomic mass is 9.80. The molecule has 4 nitrogen and oxygen atoms in total. The Balaban J connectivity index is 2.11. The van der Waals surface area contributed by atoms with E-state index in [1.54, 1.807) is 0 Å². The number of carbonyl (C=O) groups is 1. The van der Waals surface area contributed by atoms with E-state index in [1.165, 1.54) is 12.1 Å². The number of furan rings is 1. The Labute approximate surface area is 81.2 Å². The second kappa shape index (κ2) is 3.46. The van der Waals surface area contributed by atoms with Gasteiger partial charge >= 0.3 is 5.97 Å². The maximum atomic E-state index is 10.5. The standard InChI is InChI=1S/C10H12O4/c11-9(6-2-1-3-6)7-4-5-8(14-7)10(12)13/h4-6,9,11H,1-3H2,(H,12,13). The summed E-state index contributed by atoms with van der Waals surface area (Å²) in [6.07, 6.45) is 2.47. The SMILES string of the molecule is O=C(O)c1ccc(C(O)C2CCC2)o1. The fourth-order valence-corrected chi connectivity index (χ4v) is 1.61. The zero-order valence-corrected chi connectivity index (χ0v) is 7.64. The van der Waals surface area contributed by atoms with E-state index in [9.17, 15) is 9.90 Å². The fraction of sp³-hybridized carbons (Fsp3) is 0.500. The molecule has 14 heavy (non-hydrogen) atoms. The first-order valence-electron chi connectivity index (χ1n) is 4.69. The van der Waals surface area contributed by atoms with Gasteiger partial charge in [0.15, 0.2) is 0 Å². The summed E-state index contributed by atoms with van der Waals surface area (Å²) in [5.74, 6) is -0.606. The third-order valence-electron chi connectivity index (χ3n) is 2.73. The summed E-state index contributed by atoms with van der Waals surface area (Å²) >= 11 is 0. The van der Waals surface area contributed by atoms with Gasteiger partial charge in [-0.15, -0.1) is 0 Å². The molecule has 0 aromatic carbocycles. The van der Waals surface area contributed by atoms with Crippen LogP contribution in [0.1, 0.15) is 41.7 Å². The summed E-state index contributed by atoms with van der Waals surface area (Å²) in [6, 6.07) is 2.91. The van der Waals surface area contributed by atoms with Crippen LogP contribution in [-0.4, -0.2) is 16.2 Å². The molecular formula is C10H12O4. The average Bonchev–Trinajstić information content (AvgIpc) is 2.48. The van der Waals surface area contributed by atoms with E-state index in [-0.39, 0.29) is 11.7 Å². The second-order valence-electron chi connectivity index (χ2n) is 3.64. The Bertz CT molecular complexity index is 338. The molecular weight excluding hydrogens is 184 g/mol. The number of hydrogen-bond acceptors (Lipinski definition) is 3. The van der Waals surface area contributed by atoms with E-state index in [1.807, 2.05) is 0 Å². The van der Waals surface area contributed by atoms with E-state index in [0.717, 1.165) is 19.3 Å². The van der Waals surface area contributed by atoms with Crippen molar-refractivity contribution >= 4 is 5.97 Å². The molecule has 1 aliphatic rings. The van der Waals surface area contributed by atoms with Gasteiger partial charge in [0.1, 0.15) is 11.9 Å². The predicted molar refractivity (Wildman–Crippen MR) is 48.0 cm³/mol. The van der Waals surface area contributed by atoms with E-state index < -0.39 is 12.1 Å². The van der Waals surface area contributed by atoms with Crippen molar-refractivity contribution in [2.75, 3.05) is 0 Å². The highest BCUT2D eigenvalue weighted by Crippen LogP contribution is 2.37. The van der Waals surface area contributed by atoms with Crippen molar-refractivity contribution in [3.8, 4) is 0 Å². The van der Waals surface area contributed by atoms with Gasteiger partial charge in [0, 0.05) is 0 Å². The lowest BCUT2D eigenvalue weighted by Gasteiger charge is -2.28. The number of carboxylic acid groups (broad SMARTS) is 1. The van der Waals surface area contributed by atoms with Gasteiger partial charge < -0.3 is 14.6 Å². The van der Waals surface area contributed by atoms with Crippen molar-refractivity contribution < 1.29 is 19.4 Å². The van der Waals surface area contributed by atoms with E-state index in [4.69, 9.17) is 9.52 Å². The van der Waals surface area contributed by atoms with Gasteiger partial charge in [-0.2, -0.15) is 0 Å². The summed E-state index contributed by atoms with van der Waals surface area (Å²) in [4.78, 5) is 10.5. The topological polar surface area (TPSA) is 70.7 Å². The first kappa shape index (κ1) is 9.27. The number of carboxylic acids is 1. The van der Waals surface area contributed by atoms with Crippen molar-refractivity contribution in [3.05, 3.63) is 23.7 Å². The zero-order chi connectivity index (χ0) is 10.1. The maximum Gasteiger partial charge on any atom is 0.371 e. The highest BCUT2D eigenvalue weighted by Gasteiger charge is 2.29. The van der Waals surface area contributed by atoms with Crippen LogP contribution >= 0.6 is 0 Å². The number of aliphatic hydroxyl groups is 1. The Morgan fingerprint density at radius 2 is 2.21 bits per heavy atom. The van der Waals surface area contributed by atoms with E-state index >= 15 is 0 Å². The Morgan fingerprint density at radius 1 is 1.50 bits per heavy atom. The summed E-state index contributed by atoms with van der Waals surface area (Å²) in [5.41, 5.74) is 0. The summed E-state index contributed by atoms with van der Waals surface area (Å²) in [7, 11) is 0. The molecule has 1 aromatic heterocycles. The number of aliphatic hydroxyl groups excluding tert-OH is 1. The molecule has 0 saturated heterocycles. The van der Waals surface area contributed by atoms with Gasteiger partial charge in [0.25, 0.3) is 0 Å². The van der Waals surface area contributed by atoms with Gasteiger partial charge in [-0.3, -0.25) is 0 Å². The zero-order valence-electron chi connectivity index (χ0n) is 7.64. The van der Waals surface area contributed by atoms with Crippen LogP contribution in [-0.2, 0) is 0 Å². The summed E-state index contributed by atoms with van der Waals surface area (Å²) < 4.78 is 5.01. The van der Waals surface area contributed by atoms with Gasteiger partial charge in [-0.1, -0.05) is 6.42 Å². The highest BCUT2D eigenvalue weighted by molar-refractivity contribution is 5.84.